The summed E-state index contributed by atoms with van der Waals surface area (Å²) >= 11 is 1.80. The van der Waals surface area contributed by atoms with E-state index in [1.165, 1.54) is 29.7 Å². The average Bonchev–Trinajstić information content (AvgIpc) is 3.31. The predicted octanol–water partition coefficient (Wildman–Crippen LogP) is 6.17. The number of nitrogens with one attached hydrogen (secondary N) is 1. The molecule has 0 spiro atoms. The van der Waals surface area contributed by atoms with Gasteiger partial charge in [-0.2, -0.15) is 0 Å². The third-order valence-corrected chi connectivity index (χ3v) is 4.84. The summed E-state index contributed by atoms with van der Waals surface area (Å²) in [6.45, 7) is 11.1. The largest absolute Gasteiger partial charge is 0.334 e. The first-order valence-electron chi connectivity index (χ1n) is 8.74. The number of anilines is 1. The number of thioether (sulfide) groups is 1. The number of para-hydroxylation sites is 1. The summed E-state index contributed by atoms with van der Waals surface area (Å²) in [5.41, 5.74) is 4.03. The highest BCUT2D eigenvalue weighted by Gasteiger charge is 2.22. The minimum atomic E-state index is 0.499. The molecule has 1 saturated carbocycles. The minimum Gasteiger partial charge on any atom is -0.334 e. The highest BCUT2D eigenvalue weighted by Crippen LogP contribution is 2.34. The van der Waals surface area contributed by atoms with Crippen LogP contribution in [0.5, 0.6) is 0 Å². The van der Waals surface area contributed by atoms with E-state index in [2.05, 4.69) is 70.3 Å². The molecular formula is C20H30N2S. The summed E-state index contributed by atoms with van der Waals surface area (Å²) in [7, 11) is 0. The molecule has 3 heteroatoms. The molecule has 126 valence electrons. The van der Waals surface area contributed by atoms with Crippen LogP contribution in [0.25, 0.3) is 0 Å². The molecule has 0 saturated heterocycles. The summed E-state index contributed by atoms with van der Waals surface area (Å²) in [6, 6.07) is 7.19. The van der Waals surface area contributed by atoms with Crippen LogP contribution in [0.1, 0.15) is 70.4 Å². The van der Waals surface area contributed by atoms with E-state index in [9.17, 15) is 0 Å². The lowest BCUT2D eigenvalue weighted by Gasteiger charge is -2.21. The van der Waals surface area contributed by atoms with Crippen LogP contribution in [0.3, 0.4) is 0 Å². The van der Waals surface area contributed by atoms with Gasteiger partial charge in [0, 0.05) is 11.4 Å². The number of rotatable bonds is 6. The first-order valence-corrected chi connectivity index (χ1v) is 9.73. The van der Waals surface area contributed by atoms with Crippen LogP contribution >= 0.6 is 11.8 Å². The number of amidine groups is 1. The summed E-state index contributed by atoms with van der Waals surface area (Å²) < 4.78 is 0. The van der Waals surface area contributed by atoms with Crippen molar-refractivity contribution in [1.29, 1.82) is 0 Å². The van der Waals surface area contributed by atoms with Gasteiger partial charge in [-0.25, -0.2) is 0 Å². The van der Waals surface area contributed by atoms with Gasteiger partial charge in [0.15, 0.2) is 5.17 Å². The van der Waals surface area contributed by atoms with Gasteiger partial charge >= 0.3 is 0 Å². The van der Waals surface area contributed by atoms with Crippen molar-refractivity contribution in [2.75, 3.05) is 11.1 Å². The van der Waals surface area contributed by atoms with E-state index < -0.39 is 0 Å². The summed E-state index contributed by atoms with van der Waals surface area (Å²) in [4.78, 5) is 4.89. The van der Waals surface area contributed by atoms with Crippen LogP contribution in [0.15, 0.2) is 35.3 Å². The monoisotopic (exact) mass is 330 g/mol. The molecule has 0 heterocycles. The Morgan fingerprint density at radius 1 is 1.22 bits per heavy atom. The maximum atomic E-state index is 4.89. The van der Waals surface area contributed by atoms with Gasteiger partial charge in [0.1, 0.15) is 0 Å². The lowest BCUT2D eigenvalue weighted by molar-refractivity contribution is 0.839. The number of hydrogen-bond acceptors (Lipinski definition) is 2. The first-order chi connectivity index (χ1) is 11.0. The van der Waals surface area contributed by atoms with Gasteiger partial charge in [-0.15, -0.1) is 0 Å². The van der Waals surface area contributed by atoms with Crippen LogP contribution < -0.4 is 5.32 Å². The highest BCUT2D eigenvalue weighted by atomic mass is 32.2. The Labute approximate surface area is 145 Å². The summed E-state index contributed by atoms with van der Waals surface area (Å²) in [6.07, 6.45) is 6.76. The Bertz CT molecular complexity index is 543. The molecule has 0 aliphatic heterocycles. The fraction of sp³-hybridized carbons (Fsp3) is 0.550. The first kappa shape index (κ1) is 18.1. The van der Waals surface area contributed by atoms with Gasteiger partial charge in [0.25, 0.3) is 0 Å². The van der Waals surface area contributed by atoms with Crippen molar-refractivity contribution >= 4 is 22.6 Å². The van der Waals surface area contributed by atoms with Crippen molar-refractivity contribution in [3.63, 3.8) is 0 Å². The fourth-order valence-electron chi connectivity index (χ4n) is 2.50. The molecule has 0 amide bonds. The molecule has 0 unspecified atom stereocenters. The molecule has 23 heavy (non-hydrogen) atoms. The molecule has 1 fully saturated rings. The molecule has 0 bridgehead atoms. The van der Waals surface area contributed by atoms with Crippen molar-refractivity contribution in [1.82, 2.24) is 0 Å². The van der Waals surface area contributed by atoms with Crippen molar-refractivity contribution in [2.45, 2.75) is 65.3 Å². The lowest BCUT2D eigenvalue weighted by Crippen LogP contribution is -2.14. The van der Waals surface area contributed by atoms with Gasteiger partial charge in [-0.05, 0) is 42.7 Å². The molecule has 1 aromatic rings. The van der Waals surface area contributed by atoms with Crippen LogP contribution in [-0.4, -0.2) is 17.0 Å². The second-order valence-electron chi connectivity index (χ2n) is 6.79. The van der Waals surface area contributed by atoms with Crippen LogP contribution in [-0.2, 0) is 0 Å². The lowest BCUT2D eigenvalue weighted by atomic mass is 9.93. The third-order valence-electron chi connectivity index (χ3n) is 4.00. The summed E-state index contributed by atoms with van der Waals surface area (Å²) in [5, 5.41) is 4.76. The molecule has 1 aliphatic carbocycles. The van der Waals surface area contributed by atoms with E-state index in [0.717, 1.165) is 10.9 Å². The second kappa shape index (κ2) is 8.58. The number of hydrogen-bond donors (Lipinski definition) is 1. The van der Waals surface area contributed by atoms with Crippen molar-refractivity contribution < 1.29 is 0 Å². The quantitative estimate of drug-likeness (QED) is 0.383. The third kappa shape index (κ3) is 5.42. The zero-order valence-electron chi connectivity index (χ0n) is 15.1. The molecule has 1 aromatic carbocycles. The summed E-state index contributed by atoms with van der Waals surface area (Å²) in [5.74, 6) is 1.97. The molecule has 1 aliphatic rings. The van der Waals surface area contributed by atoms with E-state index >= 15 is 0 Å². The molecule has 0 radical (unpaired) electrons. The molecule has 0 atom stereocenters. The Hall–Kier alpha value is -1.22. The van der Waals surface area contributed by atoms with Gasteiger partial charge in [0.2, 0.25) is 0 Å². The normalized spacial score (nSPS) is 15.9. The molecule has 0 aromatic heterocycles. The topological polar surface area (TPSA) is 24.4 Å². The van der Waals surface area contributed by atoms with Gasteiger partial charge in [-0.1, -0.05) is 69.8 Å². The zero-order chi connectivity index (χ0) is 16.8. The predicted molar refractivity (Wildman–Crippen MR) is 106 cm³/mol. The van der Waals surface area contributed by atoms with Gasteiger partial charge in [0.05, 0.1) is 6.04 Å². The van der Waals surface area contributed by atoms with Gasteiger partial charge in [-0.3, -0.25) is 4.99 Å². The molecular weight excluding hydrogens is 300 g/mol. The Balaban J connectivity index is 2.30. The Morgan fingerprint density at radius 3 is 2.30 bits per heavy atom. The number of allylic oxidation sites excluding steroid dienone is 1. The van der Waals surface area contributed by atoms with Gasteiger partial charge < -0.3 is 5.32 Å². The smallest absolute Gasteiger partial charge is 0.161 e. The highest BCUT2D eigenvalue weighted by molar-refractivity contribution is 8.14. The standard InChI is InChI=1S/C20H30N2S/c1-6-7-13-23-20(21-16-11-12-16)22-19-17(14(2)3)9-8-10-18(19)15(4)5/h6-10,14-16H,11-13H2,1-5H3,(H,21,22). The van der Waals surface area contributed by atoms with Crippen molar-refractivity contribution in [3.8, 4) is 0 Å². The number of benzene rings is 1. The minimum absolute atomic E-state index is 0.499. The molecule has 1 N–H and O–H groups in total. The van der Waals surface area contributed by atoms with Crippen molar-refractivity contribution in [2.24, 2.45) is 4.99 Å². The second-order valence-corrected chi connectivity index (χ2v) is 7.80. The maximum absolute atomic E-state index is 4.89. The maximum Gasteiger partial charge on any atom is 0.161 e. The van der Waals surface area contributed by atoms with Crippen molar-refractivity contribution in [3.05, 3.63) is 41.5 Å². The van der Waals surface area contributed by atoms with E-state index in [1.54, 1.807) is 11.8 Å². The van der Waals surface area contributed by atoms with E-state index in [1.807, 2.05) is 0 Å². The Kier molecular flexibility index (Phi) is 6.76. The Morgan fingerprint density at radius 2 is 1.83 bits per heavy atom. The zero-order valence-corrected chi connectivity index (χ0v) is 15.9. The SMILES string of the molecule is CC=CCSC(=NC1CC1)Nc1c(C(C)C)cccc1C(C)C. The van der Waals surface area contributed by atoms with E-state index in [4.69, 9.17) is 4.99 Å². The number of nitrogens with zero attached hydrogens (tertiary/aromatic N) is 1. The van der Waals surface area contributed by atoms with Crippen LogP contribution in [0.4, 0.5) is 5.69 Å². The van der Waals surface area contributed by atoms with Crippen LogP contribution in [0.2, 0.25) is 0 Å². The van der Waals surface area contributed by atoms with Crippen LogP contribution in [0, 0.1) is 0 Å². The fourth-order valence-corrected chi connectivity index (χ4v) is 3.35. The molecule has 2 rings (SSSR count). The van der Waals surface area contributed by atoms with E-state index in [-0.39, 0.29) is 0 Å². The van der Waals surface area contributed by atoms with E-state index in [0.29, 0.717) is 17.9 Å². The number of aliphatic imine (C=N–C) groups is 1. The average molecular weight is 331 g/mol. The molecule has 2 nitrogen and oxygen atoms in total.